The van der Waals surface area contributed by atoms with Crippen LogP contribution in [0.4, 0.5) is 5.88 Å². The first-order valence-electron chi connectivity index (χ1n) is 6.02. The number of hydrogen-bond acceptors (Lipinski definition) is 6. The van der Waals surface area contributed by atoms with Crippen molar-refractivity contribution in [2.75, 3.05) is 31.2 Å². The van der Waals surface area contributed by atoms with Crippen LogP contribution in [0.25, 0.3) is 11.5 Å². The Hall–Kier alpha value is -2.39. The minimum absolute atomic E-state index is 0.306. The standard InChI is InChI=1S/C13H12N4O2/c14-8-11-13(17-4-6-18-7-5-17)19-12(16-11)10-2-1-3-15-9-10/h1-3,9H,4-7H2. The van der Waals surface area contributed by atoms with Crippen molar-refractivity contribution in [3.63, 3.8) is 0 Å². The Labute approximate surface area is 110 Å². The number of aromatic nitrogens is 2. The Morgan fingerprint density at radius 3 is 2.84 bits per heavy atom. The molecule has 2 aromatic rings. The molecule has 0 spiro atoms. The number of oxazole rings is 1. The number of morpholine rings is 1. The van der Waals surface area contributed by atoms with Gasteiger partial charge in [-0.1, -0.05) is 0 Å². The van der Waals surface area contributed by atoms with E-state index in [4.69, 9.17) is 14.4 Å². The van der Waals surface area contributed by atoms with E-state index in [-0.39, 0.29) is 0 Å². The van der Waals surface area contributed by atoms with Crippen LogP contribution >= 0.6 is 0 Å². The highest BCUT2D eigenvalue weighted by Gasteiger charge is 2.22. The van der Waals surface area contributed by atoms with Gasteiger partial charge < -0.3 is 14.1 Å². The number of hydrogen-bond donors (Lipinski definition) is 0. The number of pyridine rings is 1. The van der Waals surface area contributed by atoms with E-state index < -0.39 is 0 Å². The van der Waals surface area contributed by atoms with Crippen molar-refractivity contribution < 1.29 is 9.15 Å². The second kappa shape index (κ2) is 5.08. The van der Waals surface area contributed by atoms with Gasteiger partial charge in [0, 0.05) is 25.5 Å². The summed E-state index contributed by atoms with van der Waals surface area (Å²) < 4.78 is 11.0. The maximum atomic E-state index is 9.16. The summed E-state index contributed by atoms with van der Waals surface area (Å²) in [7, 11) is 0. The van der Waals surface area contributed by atoms with Crippen LogP contribution in [0.2, 0.25) is 0 Å². The van der Waals surface area contributed by atoms with Gasteiger partial charge >= 0.3 is 0 Å². The number of nitrogens with zero attached hydrogens (tertiary/aromatic N) is 4. The van der Waals surface area contributed by atoms with Crippen LogP contribution in [0.3, 0.4) is 0 Å². The molecule has 1 saturated heterocycles. The third-order valence-electron chi connectivity index (χ3n) is 2.92. The zero-order valence-corrected chi connectivity index (χ0v) is 10.2. The maximum Gasteiger partial charge on any atom is 0.235 e. The molecule has 0 atom stereocenters. The predicted octanol–water partition coefficient (Wildman–Crippen LogP) is 1.44. The van der Waals surface area contributed by atoms with Crippen LogP contribution in [-0.4, -0.2) is 36.3 Å². The molecule has 3 rings (SSSR count). The molecule has 96 valence electrons. The normalized spacial score (nSPS) is 15.2. The highest BCUT2D eigenvalue weighted by atomic mass is 16.5. The molecule has 0 bridgehead atoms. The van der Waals surface area contributed by atoms with Crippen molar-refractivity contribution in [3.05, 3.63) is 30.2 Å². The first-order chi connectivity index (χ1) is 9.38. The van der Waals surface area contributed by atoms with Gasteiger partial charge in [-0.2, -0.15) is 10.2 Å². The van der Waals surface area contributed by atoms with Crippen molar-refractivity contribution >= 4 is 5.88 Å². The molecule has 0 aliphatic carbocycles. The molecule has 3 heterocycles. The molecule has 0 radical (unpaired) electrons. The summed E-state index contributed by atoms with van der Waals surface area (Å²) in [5, 5.41) is 9.16. The van der Waals surface area contributed by atoms with Crippen LogP contribution in [-0.2, 0) is 4.74 Å². The lowest BCUT2D eigenvalue weighted by molar-refractivity contribution is 0.121. The van der Waals surface area contributed by atoms with E-state index >= 15 is 0 Å². The van der Waals surface area contributed by atoms with Crippen molar-refractivity contribution in [1.82, 2.24) is 9.97 Å². The van der Waals surface area contributed by atoms with Gasteiger partial charge in [-0.15, -0.1) is 0 Å². The molecule has 2 aromatic heterocycles. The number of nitriles is 1. The summed E-state index contributed by atoms with van der Waals surface area (Å²) in [5.41, 5.74) is 1.07. The fourth-order valence-corrected chi connectivity index (χ4v) is 1.98. The number of anilines is 1. The van der Waals surface area contributed by atoms with Crippen molar-refractivity contribution in [2.45, 2.75) is 0 Å². The molecule has 6 heteroatoms. The largest absolute Gasteiger partial charge is 0.419 e. The molecular formula is C13H12N4O2. The lowest BCUT2D eigenvalue weighted by Crippen LogP contribution is -2.36. The summed E-state index contributed by atoms with van der Waals surface area (Å²) in [6.45, 7) is 2.67. The zero-order valence-electron chi connectivity index (χ0n) is 10.2. The lowest BCUT2D eigenvalue weighted by atomic mass is 10.3. The van der Waals surface area contributed by atoms with Crippen LogP contribution in [0.1, 0.15) is 5.69 Å². The number of ether oxygens (including phenoxy) is 1. The van der Waals surface area contributed by atoms with E-state index in [9.17, 15) is 0 Å². The molecule has 0 N–H and O–H groups in total. The average molecular weight is 256 g/mol. The van der Waals surface area contributed by atoms with Gasteiger partial charge in [-0.3, -0.25) is 4.98 Å². The molecule has 1 aliphatic heterocycles. The Morgan fingerprint density at radius 2 is 2.16 bits per heavy atom. The van der Waals surface area contributed by atoms with Gasteiger partial charge in [-0.05, 0) is 12.1 Å². The summed E-state index contributed by atoms with van der Waals surface area (Å²) in [5.74, 6) is 0.941. The SMILES string of the molecule is N#Cc1nc(-c2cccnc2)oc1N1CCOCC1. The predicted molar refractivity (Wildman–Crippen MR) is 67.5 cm³/mol. The molecule has 19 heavy (non-hydrogen) atoms. The molecule has 0 amide bonds. The summed E-state index contributed by atoms with van der Waals surface area (Å²) in [4.78, 5) is 10.2. The van der Waals surface area contributed by atoms with Crippen LogP contribution < -0.4 is 4.90 Å². The van der Waals surface area contributed by atoms with Crippen LogP contribution in [0.15, 0.2) is 28.9 Å². The second-order valence-electron chi connectivity index (χ2n) is 4.13. The molecule has 0 aromatic carbocycles. The van der Waals surface area contributed by atoms with Gasteiger partial charge in [0.25, 0.3) is 0 Å². The van der Waals surface area contributed by atoms with Gasteiger partial charge in [0.1, 0.15) is 6.07 Å². The molecule has 0 unspecified atom stereocenters. The van der Waals surface area contributed by atoms with Gasteiger partial charge in [0.15, 0.2) is 0 Å². The van der Waals surface area contributed by atoms with E-state index in [2.05, 4.69) is 16.0 Å². The van der Waals surface area contributed by atoms with Crippen LogP contribution in [0.5, 0.6) is 0 Å². The van der Waals surface area contributed by atoms with E-state index in [0.717, 1.165) is 5.56 Å². The second-order valence-corrected chi connectivity index (χ2v) is 4.13. The fraction of sp³-hybridized carbons (Fsp3) is 0.308. The first kappa shape index (κ1) is 11.7. The van der Waals surface area contributed by atoms with Crippen molar-refractivity contribution in [2.24, 2.45) is 0 Å². The molecule has 1 fully saturated rings. The topological polar surface area (TPSA) is 75.2 Å². The fourth-order valence-electron chi connectivity index (χ4n) is 1.98. The van der Waals surface area contributed by atoms with E-state index in [1.165, 1.54) is 0 Å². The van der Waals surface area contributed by atoms with E-state index in [1.54, 1.807) is 18.5 Å². The molecule has 6 nitrogen and oxygen atoms in total. The Kier molecular flexibility index (Phi) is 3.12. The van der Waals surface area contributed by atoms with Gasteiger partial charge in [0.2, 0.25) is 17.5 Å². The summed E-state index contributed by atoms with van der Waals surface area (Å²) >= 11 is 0. The number of rotatable bonds is 2. The van der Waals surface area contributed by atoms with Gasteiger partial charge in [0.05, 0.1) is 18.8 Å². The highest BCUT2D eigenvalue weighted by molar-refractivity contribution is 5.58. The summed E-state index contributed by atoms with van der Waals surface area (Å²) in [6, 6.07) is 5.73. The smallest absolute Gasteiger partial charge is 0.235 e. The molecule has 0 saturated carbocycles. The third-order valence-corrected chi connectivity index (χ3v) is 2.92. The average Bonchev–Trinajstić information content (AvgIpc) is 2.93. The first-order valence-corrected chi connectivity index (χ1v) is 6.02. The third kappa shape index (κ3) is 2.28. The Balaban J connectivity index is 1.97. The van der Waals surface area contributed by atoms with Crippen molar-refractivity contribution in [3.8, 4) is 17.5 Å². The van der Waals surface area contributed by atoms with E-state index in [0.29, 0.717) is 43.8 Å². The summed E-state index contributed by atoms with van der Waals surface area (Å²) in [6.07, 6.45) is 3.34. The quantitative estimate of drug-likeness (QED) is 0.809. The minimum Gasteiger partial charge on any atom is -0.419 e. The Bertz CT molecular complexity index is 597. The molecule has 1 aliphatic rings. The monoisotopic (exact) mass is 256 g/mol. The van der Waals surface area contributed by atoms with Gasteiger partial charge in [-0.25, -0.2) is 0 Å². The minimum atomic E-state index is 0.306. The maximum absolute atomic E-state index is 9.16. The highest BCUT2D eigenvalue weighted by Crippen LogP contribution is 2.28. The van der Waals surface area contributed by atoms with E-state index in [1.807, 2.05) is 11.0 Å². The lowest BCUT2D eigenvalue weighted by Gasteiger charge is -2.25. The zero-order chi connectivity index (χ0) is 13.1. The molecular weight excluding hydrogens is 244 g/mol. The Morgan fingerprint density at radius 1 is 1.32 bits per heavy atom. The van der Waals surface area contributed by atoms with Crippen molar-refractivity contribution in [1.29, 1.82) is 5.26 Å². The van der Waals surface area contributed by atoms with Crippen LogP contribution in [0, 0.1) is 11.3 Å².